The van der Waals surface area contributed by atoms with Gasteiger partial charge in [-0.15, -0.1) is 0 Å². The Morgan fingerprint density at radius 3 is 2.74 bits per heavy atom. The van der Waals surface area contributed by atoms with E-state index in [2.05, 4.69) is 5.32 Å². The second-order valence-electron chi connectivity index (χ2n) is 8.27. The van der Waals surface area contributed by atoms with E-state index in [1.54, 1.807) is 25.1 Å². The molecule has 0 aromatic heterocycles. The van der Waals surface area contributed by atoms with E-state index < -0.39 is 5.66 Å². The van der Waals surface area contributed by atoms with Crippen molar-refractivity contribution in [3.8, 4) is 17.2 Å². The molecule has 0 bridgehead atoms. The first-order valence-corrected chi connectivity index (χ1v) is 10.8. The molecule has 2 aromatic carbocycles. The summed E-state index contributed by atoms with van der Waals surface area (Å²) in [4.78, 5) is 18.8. The number of nitrogens with one attached hydrogen (secondary N) is 1. The molecule has 0 unspecified atom stereocenters. The third kappa shape index (κ3) is 3.83. The predicted molar refractivity (Wildman–Crippen MR) is 117 cm³/mol. The molecule has 3 heterocycles. The van der Waals surface area contributed by atoms with Gasteiger partial charge in [-0.2, -0.15) is 0 Å². The van der Waals surface area contributed by atoms with Crippen LogP contribution in [0.3, 0.4) is 0 Å². The van der Waals surface area contributed by atoms with Gasteiger partial charge in [0, 0.05) is 61.6 Å². The zero-order valence-corrected chi connectivity index (χ0v) is 18.0. The Kier molecular flexibility index (Phi) is 5.02. The molecule has 3 aliphatic heterocycles. The number of halogens is 1. The number of hydrogen-bond donors (Lipinski definition) is 2. The molecule has 162 valence electrons. The molecule has 1 amide bonds. The molecule has 7 nitrogen and oxygen atoms in total. The fraction of sp³-hybridized carbons (Fsp3) is 0.391. The fourth-order valence-electron chi connectivity index (χ4n) is 4.60. The van der Waals surface area contributed by atoms with Gasteiger partial charge in [0.05, 0.1) is 0 Å². The van der Waals surface area contributed by atoms with E-state index in [0.29, 0.717) is 43.1 Å². The molecule has 1 spiro atoms. The van der Waals surface area contributed by atoms with Crippen molar-refractivity contribution in [3.05, 3.63) is 52.5 Å². The number of aliphatic imine (C=N–C) groups is 1. The topological polar surface area (TPSA) is 83.4 Å². The van der Waals surface area contributed by atoms with Crippen molar-refractivity contribution in [1.29, 1.82) is 0 Å². The van der Waals surface area contributed by atoms with Crippen LogP contribution in [0.15, 0.2) is 41.4 Å². The van der Waals surface area contributed by atoms with Gasteiger partial charge in [-0.25, -0.2) is 0 Å². The number of nitrogens with zero attached hydrogens (tertiary/aromatic N) is 2. The highest BCUT2D eigenvalue weighted by atomic mass is 35.5. The summed E-state index contributed by atoms with van der Waals surface area (Å²) in [7, 11) is 0. The number of carbonyl (C=O) groups is 1. The molecule has 1 fully saturated rings. The Labute approximate surface area is 185 Å². The number of likely N-dealkylation sites (tertiary alicyclic amines) is 1. The molecule has 0 saturated carbocycles. The van der Waals surface area contributed by atoms with Gasteiger partial charge in [0.2, 0.25) is 12.7 Å². The zero-order chi connectivity index (χ0) is 21.6. The number of phenolic OH excluding ortho intramolecular Hbond substituents is 1. The number of ether oxygens (including phenoxy) is 2. The van der Waals surface area contributed by atoms with Crippen molar-refractivity contribution < 1.29 is 19.4 Å². The third-order valence-corrected chi connectivity index (χ3v) is 6.53. The molecule has 3 aliphatic rings. The Hall–Kier alpha value is -2.77. The summed E-state index contributed by atoms with van der Waals surface area (Å²) in [6.07, 6.45) is 1.97. The molecule has 8 heteroatoms. The van der Waals surface area contributed by atoms with Gasteiger partial charge in [0.25, 0.3) is 0 Å². The van der Waals surface area contributed by atoms with Crippen molar-refractivity contribution in [3.63, 3.8) is 0 Å². The summed E-state index contributed by atoms with van der Waals surface area (Å²) < 4.78 is 11.0. The average molecular weight is 442 g/mol. The van der Waals surface area contributed by atoms with Crippen molar-refractivity contribution in [2.24, 2.45) is 4.99 Å². The van der Waals surface area contributed by atoms with Crippen LogP contribution in [0, 0.1) is 0 Å². The molecule has 0 aliphatic carbocycles. The summed E-state index contributed by atoms with van der Waals surface area (Å²) in [5.74, 6) is 1.72. The number of hydrogen-bond acceptors (Lipinski definition) is 6. The standard InChI is InChI=1S/C23H24ClN3O4/c1-14(28)27-8-6-23(7-9-27)25-18(15-2-5-21-22(10-15)31-13-30-21)12-19(26-23)17-11-16(24)3-4-20(17)29/h2-5,10-11,19,26,29H,6-9,12-13H2,1H3/t19-/m0/s1. The summed E-state index contributed by atoms with van der Waals surface area (Å²) >= 11 is 6.24. The summed E-state index contributed by atoms with van der Waals surface area (Å²) in [5.41, 5.74) is 2.12. The molecule has 5 rings (SSSR count). The molecule has 0 radical (unpaired) electrons. The Bertz CT molecular complexity index is 1060. The smallest absolute Gasteiger partial charge is 0.231 e. The van der Waals surface area contributed by atoms with Crippen molar-refractivity contribution in [1.82, 2.24) is 10.2 Å². The fourth-order valence-corrected chi connectivity index (χ4v) is 4.78. The number of carbonyl (C=O) groups excluding carboxylic acids is 1. The maximum Gasteiger partial charge on any atom is 0.231 e. The lowest BCUT2D eigenvalue weighted by molar-refractivity contribution is -0.130. The monoisotopic (exact) mass is 441 g/mol. The number of phenols is 1. The number of amides is 1. The SMILES string of the molecule is CC(=O)N1CCC2(CC1)N=C(c1ccc3c(c1)OCO3)C[C@@H](c1cc(Cl)ccc1O)N2. The quantitative estimate of drug-likeness (QED) is 0.743. The largest absolute Gasteiger partial charge is 0.508 e. The van der Waals surface area contributed by atoms with Crippen LogP contribution in [-0.2, 0) is 4.79 Å². The van der Waals surface area contributed by atoms with Crippen LogP contribution in [-0.4, -0.2) is 47.2 Å². The molecular formula is C23H24ClN3O4. The predicted octanol–water partition coefficient (Wildman–Crippen LogP) is 3.64. The second kappa shape index (κ2) is 7.73. The van der Waals surface area contributed by atoms with E-state index in [0.717, 1.165) is 22.6 Å². The lowest BCUT2D eigenvalue weighted by Crippen LogP contribution is -2.56. The first-order valence-electron chi connectivity index (χ1n) is 10.4. The number of aromatic hydroxyl groups is 1. The average Bonchev–Trinajstić information content (AvgIpc) is 3.23. The molecule has 2 N–H and O–H groups in total. The number of piperidine rings is 1. The van der Waals surface area contributed by atoms with Crippen LogP contribution in [0.25, 0.3) is 0 Å². The van der Waals surface area contributed by atoms with Gasteiger partial charge >= 0.3 is 0 Å². The van der Waals surface area contributed by atoms with Gasteiger partial charge in [0.1, 0.15) is 11.4 Å². The minimum atomic E-state index is -0.519. The Balaban J connectivity index is 1.53. The van der Waals surface area contributed by atoms with Gasteiger partial charge in [0.15, 0.2) is 11.5 Å². The van der Waals surface area contributed by atoms with Gasteiger partial charge < -0.3 is 19.5 Å². The van der Waals surface area contributed by atoms with Gasteiger partial charge in [-0.1, -0.05) is 11.6 Å². The number of fused-ring (bicyclic) bond motifs is 1. The molecular weight excluding hydrogens is 418 g/mol. The highest BCUT2D eigenvalue weighted by Gasteiger charge is 2.41. The minimum Gasteiger partial charge on any atom is -0.508 e. The normalized spacial score (nSPS) is 21.8. The lowest BCUT2D eigenvalue weighted by Gasteiger charge is -2.45. The van der Waals surface area contributed by atoms with Crippen LogP contribution >= 0.6 is 11.6 Å². The number of rotatable bonds is 2. The van der Waals surface area contributed by atoms with E-state index in [4.69, 9.17) is 26.1 Å². The summed E-state index contributed by atoms with van der Waals surface area (Å²) in [6.45, 7) is 3.08. The van der Waals surface area contributed by atoms with Crippen LogP contribution < -0.4 is 14.8 Å². The van der Waals surface area contributed by atoms with E-state index in [1.807, 2.05) is 23.1 Å². The van der Waals surface area contributed by atoms with E-state index in [1.165, 1.54) is 0 Å². The zero-order valence-electron chi connectivity index (χ0n) is 17.2. The van der Waals surface area contributed by atoms with Gasteiger partial charge in [-0.3, -0.25) is 15.1 Å². The summed E-state index contributed by atoms with van der Waals surface area (Å²) in [6, 6.07) is 10.8. The van der Waals surface area contributed by atoms with E-state index >= 15 is 0 Å². The van der Waals surface area contributed by atoms with Crippen LogP contribution in [0.5, 0.6) is 17.2 Å². The van der Waals surface area contributed by atoms with E-state index in [-0.39, 0.29) is 24.5 Å². The van der Waals surface area contributed by atoms with Crippen molar-refractivity contribution in [2.45, 2.75) is 37.9 Å². The van der Waals surface area contributed by atoms with E-state index in [9.17, 15) is 9.90 Å². The summed E-state index contributed by atoms with van der Waals surface area (Å²) in [5, 5.41) is 14.8. The third-order valence-electron chi connectivity index (χ3n) is 6.30. The molecule has 2 aromatic rings. The second-order valence-corrected chi connectivity index (χ2v) is 8.70. The first kappa shape index (κ1) is 20.2. The maximum absolute atomic E-state index is 11.8. The minimum absolute atomic E-state index is 0.0784. The highest BCUT2D eigenvalue weighted by Crippen LogP contribution is 2.40. The Morgan fingerprint density at radius 2 is 1.97 bits per heavy atom. The molecule has 1 atom stereocenters. The van der Waals surface area contributed by atoms with Gasteiger partial charge in [-0.05, 0) is 42.0 Å². The van der Waals surface area contributed by atoms with Crippen molar-refractivity contribution in [2.75, 3.05) is 19.9 Å². The van der Waals surface area contributed by atoms with Crippen LogP contribution in [0.2, 0.25) is 5.02 Å². The highest BCUT2D eigenvalue weighted by molar-refractivity contribution is 6.30. The van der Waals surface area contributed by atoms with Crippen LogP contribution in [0.4, 0.5) is 0 Å². The molecule has 31 heavy (non-hydrogen) atoms. The van der Waals surface area contributed by atoms with Crippen molar-refractivity contribution >= 4 is 23.2 Å². The lowest BCUT2D eigenvalue weighted by atomic mass is 9.87. The first-order chi connectivity index (χ1) is 14.9. The molecule has 1 saturated heterocycles. The maximum atomic E-state index is 11.8. The number of benzene rings is 2. The Morgan fingerprint density at radius 1 is 1.19 bits per heavy atom. The van der Waals surface area contributed by atoms with Crippen LogP contribution in [0.1, 0.15) is 43.4 Å².